The molecule has 1 aromatic carbocycles. The van der Waals surface area contributed by atoms with Crippen molar-refractivity contribution in [2.75, 3.05) is 0 Å². The molecule has 1 saturated carbocycles. The standard InChI is InChI=1S/C17H22N2O/c1-11-6-5-9-15(12(11)2)18-10-14-13-7-3-4-8-16(13)19-17(14)20/h3-4,7-8,10-12,15,19-20H,5-6,9H2,1-2H3/t11-,12-,15-/m1/s1. The Morgan fingerprint density at radius 1 is 1.25 bits per heavy atom. The lowest BCUT2D eigenvalue weighted by Gasteiger charge is -2.31. The number of nitrogens with one attached hydrogen (secondary N) is 1. The fourth-order valence-corrected chi connectivity index (χ4v) is 3.21. The number of aromatic nitrogens is 1. The van der Waals surface area contributed by atoms with Gasteiger partial charge < -0.3 is 10.1 Å². The highest BCUT2D eigenvalue weighted by Crippen LogP contribution is 2.32. The van der Waals surface area contributed by atoms with Gasteiger partial charge in [0.05, 0.1) is 11.6 Å². The van der Waals surface area contributed by atoms with Crippen LogP contribution < -0.4 is 0 Å². The Balaban J connectivity index is 1.89. The minimum Gasteiger partial charge on any atom is -0.494 e. The highest BCUT2D eigenvalue weighted by molar-refractivity contribution is 6.01. The fraction of sp³-hybridized carbons (Fsp3) is 0.471. The second kappa shape index (κ2) is 5.31. The van der Waals surface area contributed by atoms with Gasteiger partial charge in [-0.25, -0.2) is 0 Å². The Kier molecular flexibility index (Phi) is 3.51. The van der Waals surface area contributed by atoms with E-state index in [0.29, 0.717) is 12.0 Å². The number of hydrogen-bond donors (Lipinski definition) is 2. The van der Waals surface area contributed by atoms with E-state index in [0.717, 1.165) is 28.8 Å². The van der Waals surface area contributed by atoms with Crippen LogP contribution in [0.25, 0.3) is 10.9 Å². The van der Waals surface area contributed by atoms with Gasteiger partial charge >= 0.3 is 0 Å². The van der Waals surface area contributed by atoms with Crippen LogP contribution in [0, 0.1) is 11.8 Å². The van der Waals surface area contributed by atoms with E-state index in [-0.39, 0.29) is 5.88 Å². The summed E-state index contributed by atoms with van der Waals surface area (Å²) < 4.78 is 0. The topological polar surface area (TPSA) is 48.4 Å². The van der Waals surface area contributed by atoms with Crippen LogP contribution in [0.1, 0.15) is 38.7 Å². The van der Waals surface area contributed by atoms with Crippen molar-refractivity contribution in [3.05, 3.63) is 29.8 Å². The third kappa shape index (κ3) is 2.33. The Morgan fingerprint density at radius 3 is 2.90 bits per heavy atom. The van der Waals surface area contributed by atoms with Gasteiger partial charge in [0.15, 0.2) is 5.88 Å². The summed E-state index contributed by atoms with van der Waals surface area (Å²) in [6.45, 7) is 4.61. The Hall–Kier alpha value is -1.77. The molecule has 106 valence electrons. The summed E-state index contributed by atoms with van der Waals surface area (Å²) in [6.07, 6.45) is 5.58. The van der Waals surface area contributed by atoms with Crippen LogP contribution in [0.15, 0.2) is 29.3 Å². The SMILES string of the molecule is C[C@@H]1[C@H](C)CCC[C@H]1N=Cc1c(O)[nH]c2ccccc12. The molecule has 2 N–H and O–H groups in total. The van der Waals surface area contributed by atoms with Crippen LogP contribution in [0.3, 0.4) is 0 Å². The molecule has 0 bridgehead atoms. The zero-order valence-electron chi connectivity index (χ0n) is 12.1. The first-order valence-corrected chi connectivity index (χ1v) is 7.49. The summed E-state index contributed by atoms with van der Waals surface area (Å²) in [5, 5.41) is 11.1. The maximum atomic E-state index is 10.0. The van der Waals surface area contributed by atoms with E-state index in [1.807, 2.05) is 30.5 Å². The molecule has 3 rings (SSSR count). The molecule has 20 heavy (non-hydrogen) atoms. The minimum atomic E-state index is 0.214. The number of hydrogen-bond acceptors (Lipinski definition) is 2. The van der Waals surface area contributed by atoms with Crippen molar-refractivity contribution in [1.29, 1.82) is 0 Å². The van der Waals surface area contributed by atoms with Crippen molar-refractivity contribution in [3.63, 3.8) is 0 Å². The smallest absolute Gasteiger partial charge is 0.198 e. The average molecular weight is 270 g/mol. The summed E-state index contributed by atoms with van der Waals surface area (Å²) in [6, 6.07) is 8.31. The molecule has 0 unspecified atom stereocenters. The van der Waals surface area contributed by atoms with E-state index in [9.17, 15) is 5.11 Å². The number of aliphatic imine (C=N–C) groups is 1. The zero-order chi connectivity index (χ0) is 14.1. The third-order valence-electron chi connectivity index (χ3n) is 4.78. The molecule has 0 amide bonds. The fourth-order valence-electron chi connectivity index (χ4n) is 3.21. The van der Waals surface area contributed by atoms with Crippen LogP contribution in [-0.4, -0.2) is 22.3 Å². The van der Waals surface area contributed by atoms with Gasteiger partial charge in [-0.1, -0.05) is 44.9 Å². The first-order chi connectivity index (χ1) is 9.66. The molecule has 3 atom stereocenters. The maximum Gasteiger partial charge on any atom is 0.198 e. The van der Waals surface area contributed by atoms with E-state index in [1.165, 1.54) is 12.8 Å². The molecule has 2 aromatic rings. The third-order valence-corrected chi connectivity index (χ3v) is 4.78. The molecule has 1 aromatic heterocycles. The Bertz CT molecular complexity index is 629. The lowest BCUT2D eigenvalue weighted by Crippen LogP contribution is -2.27. The monoisotopic (exact) mass is 270 g/mol. The highest BCUT2D eigenvalue weighted by Gasteiger charge is 2.26. The maximum absolute atomic E-state index is 10.0. The lowest BCUT2D eigenvalue weighted by atomic mass is 9.78. The van der Waals surface area contributed by atoms with Crippen LogP contribution in [-0.2, 0) is 0 Å². The van der Waals surface area contributed by atoms with E-state index < -0.39 is 0 Å². The Morgan fingerprint density at radius 2 is 2.05 bits per heavy atom. The predicted molar refractivity (Wildman–Crippen MR) is 83.5 cm³/mol. The van der Waals surface area contributed by atoms with Crippen molar-refractivity contribution in [3.8, 4) is 5.88 Å². The molecule has 0 radical (unpaired) electrons. The summed E-state index contributed by atoms with van der Waals surface area (Å²) >= 11 is 0. The van der Waals surface area contributed by atoms with E-state index in [1.54, 1.807) is 0 Å². The van der Waals surface area contributed by atoms with Crippen LogP contribution >= 0.6 is 0 Å². The molecule has 0 aliphatic heterocycles. The van der Waals surface area contributed by atoms with Crippen molar-refractivity contribution in [2.24, 2.45) is 16.8 Å². The number of aromatic hydroxyl groups is 1. The lowest BCUT2D eigenvalue weighted by molar-refractivity contribution is 0.242. The molecular formula is C17H22N2O. The van der Waals surface area contributed by atoms with E-state index in [2.05, 4.69) is 18.8 Å². The van der Waals surface area contributed by atoms with Crippen molar-refractivity contribution < 1.29 is 5.11 Å². The quantitative estimate of drug-likeness (QED) is 0.792. The molecule has 1 aliphatic carbocycles. The summed E-state index contributed by atoms with van der Waals surface area (Å²) in [4.78, 5) is 7.76. The Labute approximate surface area is 119 Å². The van der Waals surface area contributed by atoms with E-state index in [4.69, 9.17) is 4.99 Å². The summed E-state index contributed by atoms with van der Waals surface area (Å²) in [5.74, 6) is 1.57. The highest BCUT2D eigenvalue weighted by atomic mass is 16.3. The number of rotatable bonds is 2. The molecule has 1 aliphatic rings. The van der Waals surface area contributed by atoms with Crippen molar-refractivity contribution in [1.82, 2.24) is 4.98 Å². The molecule has 1 fully saturated rings. The number of fused-ring (bicyclic) bond motifs is 1. The van der Waals surface area contributed by atoms with Gasteiger partial charge in [0.25, 0.3) is 0 Å². The van der Waals surface area contributed by atoms with Crippen molar-refractivity contribution in [2.45, 2.75) is 39.2 Å². The predicted octanol–water partition coefficient (Wildman–Crippen LogP) is 4.12. The summed E-state index contributed by atoms with van der Waals surface area (Å²) in [5.41, 5.74) is 1.77. The van der Waals surface area contributed by atoms with Gasteiger partial charge in [0.1, 0.15) is 0 Å². The van der Waals surface area contributed by atoms with Crippen LogP contribution in [0.2, 0.25) is 0 Å². The zero-order valence-corrected chi connectivity index (χ0v) is 12.1. The van der Waals surface area contributed by atoms with Gasteiger partial charge in [-0.05, 0) is 24.3 Å². The molecule has 3 nitrogen and oxygen atoms in total. The number of benzene rings is 1. The van der Waals surface area contributed by atoms with Crippen LogP contribution in [0.5, 0.6) is 5.88 Å². The van der Waals surface area contributed by atoms with Crippen molar-refractivity contribution >= 4 is 17.1 Å². The molecular weight excluding hydrogens is 248 g/mol. The normalized spacial score (nSPS) is 27.4. The van der Waals surface area contributed by atoms with Gasteiger partial charge in [-0.2, -0.15) is 0 Å². The van der Waals surface area contributed by atoms with E-state index >= 15 is 0 Å². The van der Waals surface area contributed by atoms with Gasteiger partial charge in [0.2, 0.25) is 0 Å². The molecule has 0 spiro atoms. The second-order valence-electron chi connectivity index (χ2n) is 6.05. The largest absolute Gasteiger partial charge is 0.494 e. The number of para-hydroxylation sites is 1. The first-order valence-electron chi connectivity index (χ1n) is 7.49. The molecule has 1 heterocycles. The van der Waals surface area contributed by atoms with Crippen LogP contribution in [0.4, 0.5) is 0 Å². The van der Waals surface area contributed by atoms with Gasteiger partial charge in [0, 0.05) is 17.1 Å². The number of nitrogens with zero attached hydrogens (tertiary/aromatic N) is 1. The number of H-pyrrole nitrogens is 1. The minimum absolute atomic E-state index is 0.214. The average Bonchev–Trinajstić information content (AvgIpc) is 2.76. The first kappa shape index (κ1) is 13.2. The second-order valence-corrected chi connectivity index (χ2v) is 6.05. The van der Waals surface area contributed by atoms with Gasteiger partial charge in [-0.3, -0.25) is 4.99 Å². The number of aromatic amines is 1. The van der Waals surface area contributed by atoms with Gasteiger partial charge in [-0.15, -0.1) is 0 Å². The molecule has 0 saturated heterocycles. The summed E-state index contributed by atoms with van der Waals surface area (Å²) in [7, 11) is 0. The molecule has 3 heteroatoms.